The molecule has 1 N–H and O–H groups in total. The number of nitrogens with zero attached hydrogens (tertiary/aromatic N) is 1. The van der Waals surface area contributed by atoms with E-state index in [2.05, 4.69) is 31.1 Å². The molecular weight excluding hydrogens is 196 g/mol. The summed E-state index contributed by atoms with van der Waals surface area (Å²) in [4.78, 5) is 2.71. The molecule has 16 heavy (non-hydrogen) atoms. The highest BCUT2D eigenvalue weighted by Crippen LogP contribution is 2.37. The van der Waals surface area contributed by atoms with Crippen molar-refractivity contribution in [1.29, 1.82) is 0 Å². The molecule has 1 aliphatic carbocycles. The Hall–Kier alpha value is -0.0800. The highest BCUT2D eigenvalue weighted by molar-refractivity contribution is 4.96. The van der Waals surface area contributed by atoms with Crippen LogP contribution in [0.15, 0.2) is 0 Å². The zero-order valence-corrected chi connectivity index (χ0v) is 11.3. The van der Waals surface area contributed by atoms with Crippen molar-refractivity contribution in [3.05, 3.63) is 0 Å². The Bertz CT molecular complexity index is 215. The quantitative estimate of drug-likeness (QED) is 0.772. The SMILES string of the molecule is CNC(CC1CC1)C(C)(C)N1CCCCC1. The lowest BCUT2D eigenvalue weighted by Crippen LogP contribution is -2.58. The predicted octanol–water partition coefficient (Wildman–Crippen LogP) is 2.64. The molecule has 2 aliphatic rings. The van der Waals surface area contributed by atoms with Crippen LogP contribution in [0.5, 0.6) is 0 Å². The Morgan fingerprint density at radius 3 is 2.31 bits per heavy atom. The van der Waals surface area contributed by atoms with Gasteiger partial charge in [0, 0.05) is 11.6 Å². The summed E-state index contributed by atoms with van der Waals surface area (Å²) in [7, 11) is 2.14. The number of hydrogen-bond donors (Lipinski definition) is 1. The van der Waals surface area contributed by atoms with E-state index in [0.717, 1.165) is 5.92 Å². The molecule has 0 aromatic carbocycles. The largest absolute Gasteiger partial charge is 0.315 e. The molecule has 2 nitrogen and oxygen atoms in total. The first kappa shape index (κ1) is 12.4. The lowest BCUT2D eigenvalue weighted by Gasteiger charge is -2.46. The molecule has 2 fully saturated rings. The van der Waals surface area contributed by atoms with Gasteiger partial charge in [0.05, 0.1) is 0 Å². The van der Waals surface area contributed by atoms with Gasteiger partial charge in [0.15, 0.2) is 0 Å². The van der Waals surface area contributed by atoms with Crippen LogP contribution in [0, 0.1) is 5.92 Å². The van der Waals surface area contributed by atoms with E-state index in [0.29, 0.717) is 11.6 Å². The number of piperidine rings is 1. The molecular formula is C14H28N2. The van der Waals surface area contributed by atoms with Crippen LogP contribution >= 0.6 is 0 Å². The summed E-state index contributed by atoms with van der Waals surface area (Å²) in [6.07, 6.45) is 8.52. The van der Waals surface area contributed by atoms with Gasteiger partial charge in [0.1, 0.15) is 0 Å². The first-order valence-corrected chi connectivity index (χ1v) is 7.07. The fraction of sp³-hybridized carbons (Fsp3) is 1.00. The van der Waals surface area contributed by atoms with Crippen molar-refractivity contribution in [2.75, 3.05) is 20.1 Å². The number of rotatable bonds is 5. The molecule has 94 valence electrons. The van der Waals surface area contributed by atoms with Gasteiger partial charge in [-0.3, -0.25) is 4.90 Å². The van der Waals surface area contributed by atoms with Gasteiger partial charge in [0.25, 0.3) is 0 Å². The standard InChI is InChI=1S/C14H28N2/c1-14(2,16-9-5-4-6-10-16)13(15-3)11-12-7-8-12/h12-13,15H,4-11H2,1-3H3. The topological polar surface area (TPSA) is 15.3 Å². The maximum atomic E-state index is 3.57. The van der Waals surface area contributed by atoms with Gasteiger partial charge in [-0.2, -0.15) is 0 Å². The minimum Gasteiger partial charge on any atom is -0.315 e. The summed E-state index contributed by atoms with van der Waals surface area (Å²) in [6.45, 7) is 7.47. The number of likely N-dealkylation sites (tertiary alicyclic amines) is 1. The van der Waals surface area contributed by atoms with E-state index in [1.807, 2.05) is 0 Å². The second-order valence-electron chi connectivity index (χ2n) is 6.22. The van der Waals surface area contributed by atoms with Crippen molar-refractivity contribution in [3.8, 4) is 0 Å². The van der Waals surface area contributed by atoms with Crippen LogP contribution in [-0.4, -0.2) is 36.6 Å². The van der Waals surface area contributed by atoms with Crippen LogP contribution in [-0.2, 0) is 0 Å². The van der Waals surface area contributed by atoms with E-state index in [1.165, 1.54) is 51.6 Å². The number of hydrogen-bond acceptors (Lipinski definition) is 2. The molecule has 2 heteroatoms. The smallest absolute Gasteiger partial charge is 0.0306 e. The third kappa shape index (κ3) is 2.78. The van der Waals surface area contributed by atoms with Gasteiger partial charge in [-0.15, -0.1) is 0 Å². The average Bonchev–Trinajstić information content (AvgIpc) is 3.10. The third-order valence-electron chi connectivity index (χ3n) is 4.64. The second kappa shape index (κ2) is 5.05. The molecule has 1 heterocycles. The Kier molecular flexibility index (Phi) is 3.91. The van der Waals surface area contributed by atoms with E-state index >= 15 is 0 Å². The number of nitrogens with one attached hydrogen (secondary N) is 1. The molecule has 0 spiro atoms. The Morgan fingerprint density at radius 1 is 1.19 bits per heavy atom. The van der Waals surface area contributed by atoms with E-state index < -0.39 is 0 Å². The van der Waals surface area contributed by atoms with Crippen molar-refractivity contribution >= 4 is 0 Å². The van der Waals surface area contributed by atoms with Gasteiger partial charge in [-0.1, -0.05) is 19.3 Å². The zero-order valence-electron chi connectivity index (χ0n) is 11.3. The average molecular weight is 224 g/mol. The highest BCUT2D eigenvalue weighted by atomic mass is 15.2. The zero-order chi connectivity index (χ0) is 11.6. The van der Waals surface area contributed by atoms with Gasteiger partial charge < -0.3 is 5.32 Å². The Labute approximate surface area is 101 Å². The lowest BCUT2D eigenvalue weighted by molar-refractivity contribution is 0.0589. The molecule has 0 aromatic heterocycles. The first-order chi connectivity index (χ1) is 7.64. The molecule has 1 saturated heterocycles. The lowest BCUT2D eigenvalue weighted by atomic mass is 9.87. The minimum atomic E-state index is 0.331. The van der Waals surface area contributed by atoms with E-state index in [4.69, 9.17) is 0 Å². The summed E-state index contributed by atoms with van der Waals surface area (Å²) in [6, 6.07) is 0.665. The van der Waals surface area contributed by atoms with Crippen molar-refractivity contribution in [1.82, 2.24) is 10.2 Å². The summed E-state index contributed by atoms with van der Waals surface area (Å²) in [5, 5.41) is 3.57. The van der Waals surface area contributed by atoms with Crippen molar-refractivity contribution in [2.24, 2.45) is 5.92 Å². The van der Waals surface area contributed by atoms with Gasteiger partial charge in [0.2, 0.25) is 0 Å². The molecule has 0 amide bonds. The van der Waals surface area contributed by atoms with Gasteiger partial charge in [-0.25, -0.2) is 0 Å². The molecule has 1 unspecified atom stereocenters. The van der Waals surface area contributed by atoms with Crippen LogP contribution in [0.2, 0.25) is 0 Å². The molecule has 2 rings (SSSR count). The molecule has 1 atom stereocenters. The summed E-state index contributed by atoms with van der Waals surface area (Å²) < 4.78 is 0. The van der Waals surface area contributed by atoms with Crippen LogP contribution in [0.1, 0.15) is 52.4 Å². The molecule has 0 bridgehead atoms. The minimum absolute atomic E-state index is 0.331. The van der Waals surface area contributed by atoms with Gasteiger partial charge in [-0.05, 0) is 59.2 Å². The van der Waals surface area contributed by atoms with Crippen LogP contribution in [0.25, 0.3) is 0 Å². The third-order valence-corrected chi connectivity index (χ3v) is 4.64. The Balaban J connectivity index is 1.95. The highest BCUT2D eigenvalue weighted by Gasteiger charge is 2.38. The van der Waals surface area contributed by atoms with Crippen LogP contribution in [0.4, 0.5) is 0 Å². The predicted molar refractivity (Wildman–Crippen MR) is 69.7 cm³/mol. The maximum Gasteiger partial charge on any atom is 0.0306 e. The van der Waals surface area contributed by atoms with E-state index in [9.17, 15) is 0 Å². The summed E-state index contributed by atoms with van der Waals surface area (Å²) in [5.41, 5.74) is 0.331. The molecule has 0 aromatic rings. The second-order valence-corrected chi connectivity index (χ2v) is 6.22. The van der Waals surface area contributed by atoms with Crippen LogP contribution < -0.4 is 5.32 Å². The summed E-state index contributed by atoms with van der Waals surface area (Å²) >= 11 is 0. The van der Waals surface area contributed by atoms with E-state index in [1.54, 1.807) is 0 Å². The summed E-state index contributed by atoms with van der Waals surface area (Å²) in [5.74, 6) is 1.02. The molecule has 0 radical (unpaired) electrons. The van der Waals surface area contributed by atoms with Crippen molar-refractivity contribution < 1.29 is 0 Å². The number of likely N-dealkylation sites (N-methyl/N-ethyl adjacent to an activating group) is 1. The fourth-order valence-electron chi connectivity index (χ4n) is 3.14. The van der Waals surface area contributed by atoms with Gasteiger partial charge >= 0.3 is 0 Å². The monoisotopic (exact) mass is 224 g/mol. The molecule has 1 aliphatic heterocycles. The fourth-order valence-corrected chi connectivity index (χ4v) is 3.14. The van der Waals surface area contributed by atoms with Crippen molar-refractivity contribution in [2.45, 2.75) is 64.0 Å². The maximum absolute atomic E-state index is 3.57. The van der Waals surface area contributed by atoms with Crippen LogP contribution in [0.3, 0.4) is 0 Å². The van der Waals surface area contributed by atoms with Crippen molar-refractivity contribution in [3.63, 3.8) is 0 Å². The molecule has 1 saturated carbocycles. The first-order valence-electron chi connectivity index (χ1n) is 7.07. The normalized spacial score (nSPS) is 25.7. The van der Waals surface area contributed by atoms with E-state index in [-0.39, 0.29) is 0 Å². The Morgan fingerprint density at radius 2 is 1.81 bits per heavy atom.